The van der Waals surface area contributed by atoms with Crippen LogP contribution < -0.4 is 5.73 Å². The van der Waals surface area contributed by atoms with Gasteiger partial charge in [0.25, 0.3) is 0 Å². The van der Waals surface area contributed by atoms with Crippen molar-refractivity contribution in [2.75, 3.05) is 5.73 Å². The van der Waals surface area contributed by atoms with Gasteiger partial charge < -0.3 is 5.73 Å². The summed E-state index contributed by atoms with van der Waals surface area (Å²) in [4.78, 5) is 3.79. The summed E-state index contributed by atoms with van der Waals surface area (Å²) in [6.07, 6.45) is 0. The number of nitrogens with two attached hydrogens (primary N) is 1. The van der Waals surface area contributed by atoms with E-state index in [1.165, 1.54) is 6.07 Å². The van der Waals surface area contributed by atoms with E-state index in [4.69, 9.17) is 5.73 Å². The van der Waals surface area contributed by atoms with Crippen LogP contribution in [0.15, 0.2) is 10.7 Å². The van der Waals surface area contributed by atoms with Crippen LogP contribution in [0.25, 0.3) is 0 Å². The average Bonchev–Trinajstić information content (AvgIpc) is 1.84. The fourth-order valence-electron chi connectivity index (χ4n) is 0.566. The minimum absolute atomic E-state index is 0.208. The summed E-state index contributed by atoms with van der Waals surface area (Å²) in [6, 6.07) is 1.24. The Kier molecular flexibility index (Phi) is 1.89. The SMILES string of the molecule is Cc1nc(Br)c(F)cc1N. The molecule has 54 valence electrons. The molecule has 0 bridgehead atoms. The highest BCUT2D eigenvalue weighted by molar-refractivity contribution is 9.10. The number of aryl methyl sites for hydroxylation is 1. The molecular formula is C6H6BrFN2. The van der Waals surface area contributed by atoms with Gasteiger partial charge in [0, 0.05) is 6.07 Å². The Morgan fingerprint density at radius 2 is 2.30 bits per heavy atom. The zero-order chi connectivity index (χ0) is 7.72. The van der Waals surface area contributed by atoms with Gasteiger partial charge in [0.2, 0.25) is 0 Å². The van der Waals surface area contributed by atoms with Crippen molar-refractivity contribution in [1.82, 2.24) is 4.98 Å². The molecule has 0 fully saturated rings. The van der Waals surface area contributed by atoms with Gasteiger partial charge in [0.05, 0.1) is 11.4 Å². The molecule has 2 N–H and O–H groups in total. The van der Waals surface area contributed by atoms with Crippen LogP contribution in [0.5, 0.6) is 0 Å². The molecule has 0 aromatic carbocycles. The van der Waals surface area contributed by atoms with E-state index in [9.17, 15) is 4.39 Å². The second-order valence-corrected chi connectivity index (χ2v) is 2.69. The highest BCUT2D eigenvalue weighted by Gasteiger charge is 2.02. The molecule has 0 saturated heterocycles. The molecule has 10 heavy (non-hydrogen) atoms. The number of nitrogens with zero attached hydrogens (tertiary/aromatic N) is 1. The Morgan fingerprint density at radius 1 is 1.70 bits per heavy atom. The fraction of sp³-hybridized carbons (Fsp3) is 0.167. The van der Waals surface area contributed by atoms with Crippen LogP contribution in [0, 0.1) is 12.7 Å². The molecule has 0 aliphatic rings. The van der Waals surface area contributed by atoms with Crippen molar-refractivity contribution in [2.45, 2.75) is 6.92 Å². The lowest BCUT2D eigenvalue weighted by atomic mass is 10.3. The number of hydrogen-bond acceptors (Lipinski definition) is 2. The second kappa shape index (κ2) is 2.54. The van der Waals surface area contributed by atoms with Gasteiger partial charge in [-0.25, -0.2) is 9.37 Å². The van der Waals surface area contributed by atoms with Gasteiger partial charge in [0.1, 0.15) is 4.60 Å². The summed E-state index contributed by atoms with van der Waals surface area (Å²) in [5.74, 6) is -0.428. The maximum absolute atomic E-state index is 12.6. The molecule has 0 aliphatic carbocycles. The number of halogens is 2. The van der Waals surface area contributed by atoms with Gasteiger partial charge in [-0.05, 0) is 22.9 Å². The molecule has 0 amide bonds. The topological polar surface area (TPSA) is 38.9 Å². The molecule has 1 heterocycles. The Bertz CT molecular complexity index is 212. The summed E-state index contributed by atoms with van der Waals surface area (Å²) in [6.45, 7) is 1.72. The Balaban J connectivity index is 3.28. The Labute approximate surface area is 66.4 Å². The fourth-order valence-corrected chi connectivity index (χ4v) is 0.946. The molecule has 0 spiro atoms. The van der Waals surface area contributed by atoms with Crippen molar-refractivity contribution in [2.24, 2.45) is 0 Å². The number of pyridine rings is 1. The van der Waals surface area contributed by atoms with Gasteiger partial charge in [-0.15, -0.1) is 0 Å². The van der Waals surface area contributed by atoms with E-state index in [0.29, 0.717) is 11.4 Å². The normalized spacial score (nSPS) is 9.90. The first-order valence-electron chi connectivity index (χ1n) is 2.69. The Morgan fingerprint density at radius 3 is 2.80 bits per heavy atom. The van der Waals surface area contributed by atoms with Crippen molar-refractivity contribution in [3.63, 3.8) is 0 Å². The van der Waals surface area contributed by atoms with E-state index < -0.39 is 5.82 Å². The maximum Gasteiger partial charge on any atom is 0.158 e. The van der Waals surface area contributed by atoms with Crippen molar-refractivity contribution in [1.29, 1.82) is 0 Å². The van der Waals surface area contributed by atoms with Crippen LogP contribution in [-0.2, 0) is 0 Å². The molecule has 0 saturated carbocycles. The smallest absolute Gasteiger partial charge is 0.158 e. The van der Waals surface area contributed by atoms with Crippen LogP contribution in [-0.4, -0.2) is 4.98 Å². The van der Waals surface area contributed by atoms with Crippen molar-refractivity contribution in [3.8, 4) is 0 Å². The molecule has 0 atom stereocenters. The maximum atomic E-state index is 12.6. The molecule has 1 aromatic heterocycles. The summed E-state index contributed by atoms with van der Waals surface area (Å²) >= 11 is 2.94. The van der Waals surface area contributed by atoms with Gasteiger partial charge in [-0.1, -0.05) is 0 Å². The highest BCUT2D eigenvalue weighted by Crippen LogP contribution is 2.17. The predicted molar refractivity (Wildman–Crippen MR) is 41.0 cm³/mol. The monoisotopic (exact) mass is 204 g/mol. The first kappa shape index (κ1) is 7.47. The largest absolute Gasteiger partial charge is 0.397 e. The molecule has 0 unspecified atom stereocenters. The minimum atomic E-state index is -0.428. The van der Waals surface area contributed by atoms with Gasteiger partial charge >= 0.3 is 0 Å². The van der Waals surface area contributed by atoms with E-state index >= 15 is 0 Å². The third-order valence-corrected chi connectivity index (χ3v) is 1.72. The zero-order valence-electron chi connectivity index (χ0n) is 5.36. The second-order valence-electron chi connectivity index (χ2n) is 1.94. The number of rotatable bonds is 0. The minimum Gasteiger partial charge on any atom is -0.397 e. The summed E-state index contributed by atoms with van der Waals surface area (Å²) in [5, 5.41) is 0. The first-order chi connectivity index (χ1) is 4.61. The van der Waals surface area contributed by atoms with Crippen LogP contribution in [0.3, 0.4) is 0 Å². The molecular weight excluding hydrogens is 199 g/mol. The van der Waals surface area contributed by atoms with E-state index in [2.05, 4.69) is 20.9 Å². The lowest BCUT2D eigenvalue weighted by Gasteiger charge is -1.99. The number of nitrogen functional groups attached to an aromatic ring is 1. The van der Waals surface area contributed by atoms with E-state index in [1.807, 2.05) is 0 Å². The molecule has 1 rings (SSSR count). The molecule has 0 radical (unpaired) electrons. The quantitative estimate of drug-likeness (QED) is 0.656. The van der Waals surface area contributed by atoms with E-state index in [0.717, 1.165) is 0 Å². The van der Waals surface area contributed by atoms with Gasteiger partial charge in [0.15, 0.2) is 5.82 Å². The molecule has 1 aromatic rings. The van der Waals surface area contributed by atoms with E-state index in [1.54, 1.807) is 6.92 Å². The van der Waals surface area contributed by atoms with Crippen molar-refractivity contribution >= 4 is 21.6 Å². The lowest BCUT2D eigenvalue weighted by molar-refractivity contribution is 0.612. The standard InChI is InChI=1S/C6H6BrFN2/c1-3-5(9)2-4(8)6(7)10-3/h2H,9H2,1H3. The third kappa shape index (κ3) is 1.26. The van der Waals surface area contributed by atoms with Gasteiger partial charge in [-0.2, -0.15) is 0 Å². The Hall–Kier alpha value is -0.640. The molecule has 0 aliphatic heterocycles. The molecule has 4 heteroatoms. The van der Waals surface area contributed by atoms with Crippen LogP contribution in [0.2, 0.25) is 0 Å². The number of aromatic nitrogens is 1. The van der Waals surface area contributed by atoms with E-state index in [-0.39, 0.29) is 4.60 Å². The first-order valence-corrected chi connectivity index (χ1v) is 3.48. The van der Waals surface area contributed by atoms with Crippen molar-refractivity contribution in [3.05, 3.63) is 22.2 Å². The zero-order valence-corrected chi connectivity index (χ0v) is 6.94. The van der Waals surface area contributed by atoms with Crippen LogP contribution in [0.1, 0.15) is 5.69 Å². The van der Waals surface area contributed by atoms with Crippen LogP contribution in [0.4, 0.5) is 10.1 Å². The van der Waals surface area contributed by atoms with Crippen LogP contribution >= 0.6 is 15.9 Å². The number of hydrogen-bond donors (Lipinski definition) is 1. The van der Waals surface area contributed by atoms with Gasteiger partial charge in [-0.3, -0.25) is 0 Å². The molecule has 2 nitrogen and oxygen atoms in total. The number of anilines is 1. The summed E-state index contributed by atoms with van der Waals surface area (Å²) in [7, 11) is 0. The predicted octanol–water partition coefficient (Wildman–Crippen LogP) is 1.87. The summed E-state index contributed by atoms with van der Waals surface area (Å²) < 4.78 is 12.8. The van der Waals surface area contributed by atoms with Crippen molar-refractivity contribution < 1.29 is 4.39 Å². The summed E-state index contributed by atoms with van der Waals surface area (Å²) in [5.41, 5.74) is 6.37. The highest BCUT2D eigenvalue weighted by atomic mass is 79.9. The lowest BCUT2D eigenvalue weighted by Crippen LogP contribution is -1.95. The third-order valence-electron chi connectivity index (χ3n) is 1.16. The average molecular weight is 205 g/mol.